The number of carbonyl (C=O) groups excluding carboxylic acids is 3. The molecule has 3 saturated heterocycles. The maximum atomic E-state index is 14.6. The van der Waals surface area contributed by atoms with Gasteiger partial charge in [0.1, 0.15) is 6.04 Å². The fourth-order valence-electron chi connectivity index (χ4n) is 7.25. The number of aryl methyl sites for hydroxylation is 1. The Labute approximate surface area is 270 Å². The summed E-state index contributed by atoms with van der Waals surface area (Å²) in [7, 11) is 0. The summed E-state index contributed by atoms with van der Waals surface area (Å²) in [5, 5.41) is 0.913. The summed E-state index contributed by atoms with van der Waals surface area (Å²) >= 11 is 12.6. The summed E-state index contributed by atoms with van der Waals surface area (Å²) in [5.74, 6) is -0.557. The van der Waals surface area contributed by atoms with E-state index < -0.39 is 6.04 Å². The van der Waals surface area contributed by atoms with Crippen molar-refractivity contribution >= 4 is 41.0 Å². The van der Waals surface area contributed by atoms with Crippen molar-refractivity contribution < 1.29 is 19.1 Å². The molecule has 0 aliphatic carbocycles. The number of rotatable bonds is 10. The Kier molecular flexibility index (Phi) is 11.2. The molecule has 3 aliphatic heterocycles. The molecule has 44 heavy (non-hydrogen) atoms. The van der Waals surface area contributed by atoms with Gasteiger partial charge in [0.05, 0.1) is 28.7 Å². The van der Waals surface area contributed by atoms with E-state index in [1.54, 1.807) is 17.9 Å². The molecule has 238 valence electrons. The number of amides is 2. The van der Waals surface area contributed by atoms with E-state index in [1.807, 2.05) is 35.2 Å². The lowest BCUT2D eigenvalue weighted by Crippen LogP contribution is -2.55. The van der Waals surface area contributed by atoms with Crippen molar-refractivity contribution in [2.45, 2.75) is 94.9 Å². The van der Waals surface area contributed by atoms with Crippen molar-refractivity contribution in [1.29, 1.82) is 0 Å². The van der Waals surface area contributed by atoms with Crippen LogP contribution in [0.5, 0.6) is 0 Å². The lowest BCUT2D eigenvalue weighted by atomic mass is 9.93. The minimum Gasteiger partial charge on any atom is -0.466 e. The van der Waals surface area contributed by atoms with Crippen molar-refractivity contribution in [2.75, 3.05) is 26.2 Å². The van der Waals surface area contributed by atoms with Crippen molar-refractivity contribution in [2.24, 2.45) is 5.73 Å². The third-order valence-electron chi connectivity index (χ3n) is 9.42. The average molecular weight is 644 g/mol. The van der Waals surface area contributed by atoms with Crippen LogP contribution in [0.25, 0.3) is 0 Å². The van der Waals surface area contributed by atoms with Gasteiger partial charge in [-0.05, 0) is 81.5 Å². The lowest BCUT2D eigenvalue weighted by molar-refractivity contribution is -0.151. The van der Waals surface area contributed by atoms with Gasteiger partial charge in [0, 0.05) is 38.1 Å². The molecule has 5 atom stereocenters. The van der Waals surface area contributed by atoms with Crippen LogP contribution < -0.4 is 5.73 Å². The van der Waals surface area contributed by atoms with E-state index in [0.717, 1.165) is 44.1 Å². The number of halogens is 2. The molecule has 3 heterocycles. The molecular formula is C34H44Cl2N4O4. The molecular weight excluding hydrogens is 599 g/mol. The Bertz CT molecular complexity index is 1310. The highest BCUT2D eigenvalue weighted by Gasteiger charge is 2.47. The van der Waals surface area contributed by atoms with Gasteiger partial charge in [-0.3, -0.25) is 19.3 Å². The lowest BCUT2D eigenvalue weighted by Gasteiger charge is -2.41. The second kappa shape index (κ2) is 15.1. The van der Waals surface area contributed by atoms with Gasteiger partial charge in [-0.2, -0.15) is 0 Å². The number of ether oxygens (including phenoxy) is 1. The van der Waals surface area contributed by atoms with Gasteiger partial charge in [-0.15, -0.1) is 0 Å². The van der Waals surface area contributed by atoms with Crippen molar-refractivity contribution in [3.05, 3.63) is 69.7 Å². The molecule has 2 aromatic rings. The molecule has 10 heteroatoms. The highest BCUT2D eigenvalue weighted by Crippen LogP contribution is 2.36. The minimum atomic E-state index is -0.776. The van der Waals surface area contributed by atoms with Gasteiger partial charge < -0.3 is 20.3 Å². The molecule has 0 saturated carbocycles. The number of benzene rings is 2. The van der Waals surface area contributed by atoms with Crippen LogP contribution in [0.3, 0.4) is 0 Å². The summed E-state index contributed by atoms with van der Waals surface area (Å²) in [6.45, 7) is 3.72. The molecule has 0 spiro atoms. The minimum absolute atomic E-state index is 0.0602. The average Bonchev–Trinajstić information content (AvgIpc) is 3.37. The normalized spacial score (nSPS) is 25.0. The number of esters is 1. The summed E-state index contributed by atoms with van der Waals surface area (Å²) < 4.78 is 5.23. The number of likely N-dealkylation sites (tertiary alicyclic amines) is 1. The summed E-state index contributed by atoms with van der Waals surface area (Å²) in [6, 6.07) is 14.6. The number of fused-ring (bicyclic) bond motifs is 1. The van der Waals surface area contributed by atoms with Crippen LogP contribution in [0.4, 0.5) is 0 Å². The first-order valence-electron chi connectivity index (χ1n) is 16.0. The zero-order valence-electron chi connectivity index (χ0n) is 25.5. The smallest absolute Gasteiger partial charge is 0.305 e. The van der Waals surface area contributed by atoms with Gasteiger partial charge in [0.15, 0.2) is 0 Å². The topological polar surface area (TPSA) is 96.2 Å². The van der Waals surface area contributed by atoms with Crippen molar-refractivity contribution in [3.63, 3.8) is 0 Å². The number of carbonyl (C=O) groups is 3. The zero-order chi connectivity index (χ0) is 31.2. The third-order valence-corrected chi connectivity index (χ3v) is 10.2. The number of nitrogens with two attached hydrogens (primary N) is 1. The summed E-state index contributed by atoms with van der Waals surface area (Å²) in [5.41, 5.74) is 8.63. The van der Waals surface area contributed by atoms with E-state index in [4.69, 9.17) is 33.7 Å². The molecule has 1 unspecified atom stereocenters. The molecule has 0 bridgehead atoms. The summed E-state index contributed by atoms with van der Waals surface area (Å²) in [4.78, 5) is 47.4. The largest absolute Gasteiger partial charge is 0.466 e. The third kappa shape index (κ3) is 7.58. The van der Waals surface area contributed by atoms with Gasteiger partial charge >= 0.3 is 5.97 Å². The monoisotopic (exact) mass is 642 g/mol. The van der Waals surface area contributed by atoms with Crippen molar-refractivity contribution in [3.8, 4) is 0 Å². The van der Waals surface area contributed by atoms with Crippen LogP contribution in [-0.2, 0) is 25.5 Å². The highest BCUT2D eigenvalue weighted by molar-refractivity contribution is 6.42. The number of hydrogen-bond acceptors (Lipinski definition) is 6. The predicted octanol–water partition coefficient (Wildman–Crippen LogP) is 5.39. The SMILES string of the molecule is CCOC(=O)CC[C@H](C(=O)N1CCCC[C@H]1c1ccc(Cl)c(Cl)c1)N1CCC(CCc2ccccc2)N2C[C@H](N)C[C@H]2C1=O. The first kappa shape index (κ1) is 32.7. The second-order valence-corrected chi connectivity index (χ2v) is 13.1. The number of piperidine rings is 1. The highest BCUT2D eigenvalue weighted by atomic mass is 35.5. The summed E-state index contributed by atoms with van der Waals surface area (Å²) in [6.07, 6.45) is 6.01. The van der Waals surface area contributed by atoms with E-state index in [2.05, 4.69) is 17.0 Å². The Morgan fingerprint density at radius 2 is 1.82 bits per heavy atom. The fraction of sp³-hybridized carbons (Fsp3) is 0.559. The molecule has 0 radical (unpaired) electrons. The van der Waals surface area contributed by atoms with Crippen LogP contribution in [-0.4, -0.2) is 82.9 Å². The predicted molar refractivity (Wildman–Crippen MR) is 172 cm³/mol. The molecule has 3 fully saturated rings. The Morgan fingerprint density at radius 1 is 1.02 bits per heavy atom. The van der Waals surface area contributed by atoms with E-state index in [1.165, 1.54) is 5.56 Å². The molecule has 0 aromatic heterocycles. The van der Waals surface area contributed by atoms with Crippen LogP contribution in [0.1, 0.15) is 75.5 Å². The molecule has 5 rings (SSSR count). The molecule has 2 aromatic carbocycles. The molecule has 2 N–H and O–H groups in total. The first-order chi connectivity index (χ1) is 21.3. The molecule has 2 amide bonds. The Morgan fingerprint density at radius 3 is 2.57 bits per heavy atom. The van der Waals surface area contributed by atoms with Crippen LogP contribution in [0.15, 0.2) is 48.5 Å². The van der Waals surface area contributed by atoms with E-state index in [-0.39, 0.29) is 61.4 Å². The standard InChI is InChI=1S/C34H44Cl2N4O4/c1-2-44-32(41)16-15-30(33(42)38-18-7-6-10-29(38)24-12-14-27(35)28(36)20-24)39-19-17-26(13-11-23-8-4-3-5-9-23)40-22-25(37)21-31(40)34(39)43/h3-5,8-9,12,14,20,25-26,29-31H,2,6-7,10-11,13,15-19,21-22,37H2,1H3/t25-,26?,29+,30-,31+/m1/s1. The van der Waals surface area contributed by atoms with Gasteiger partial charge in [-0.1, -0.05) is 59.6 Å². The first-order valence-corrected chi connectivity index (χ1v) is 16.8. The van der Waals surface area contributed by atoms with Gasteiger partial charge in [0.25, 0.3) is 0 Å². The molecule has 3 aliphatic rings. The van der Waals surface area contributed by atoms with Crippen LogP contribution >= 0.6 is 23.2 Å². The van der Waals surface area contributed by atoms with E-state index in [0.29, 0.717) is 36.1 Å². The fourth-order valence-corrected chi connectivity index (χ4v) is 7.55. The van der Waals surface area contributed by atoms with E-state index in [9.17, 15) is 14.4 Å². The maximum Gasteiger partial charge on any atom is 0.305 e. The van der Waals surface area contributed by atoms with Gasteiger partial charge in [-0.25, -0.2) is 0 Å². The Balaban J connectivity index is 1.42. The van der Waals surface area contributed by atoms with Crippen molar-refractivity contribution in [1.82, 2.24) is 14.7 Å². The van der Waals surface area contributed by atoms with E-state index >= 15 is 0 Å². The van der Waals surface area contributed by atoms with Gasteiger partial charge in [0.2, 0.25) is 11.8 Å². The quantitative estimate of drug-likeness (QED) is 0.349. The molecule has 8 nitrogen and oxygen atoms in total. The number of hydrogen-bond donors (Lipinski definition) is 1. The maximum absolute atomic E-state index is 14.6. The van der Waals surface area contributed by atoms with Crippen LogP contribution in [0.2, 0.25) is 10.0 Å². The zero-order valence-corrected chi connectivity index (χ0v) is 27.0. The Hall–Kier alpha value is -2.65. The second-order valence-electron chi connectivity index (χ2n) is 12.3. The number of nitrogens with zero attached hydrogens (tertiary/aromatic N) is 3. The van der Waals surface area contributed by atoms with Crippen LogP contribution in [0, 0.1) is 0 Å².